The average Bonchev–Trinajstić information content (AvgIpc) is 3.00. The fourth-order valence-electron chi connectivity index (χ4n) is 5.20. The van der Waals surface area contributed by atoms with Crippen LogP contribution in [0.25, 0.3) is 22.1 Å². The lowest BCUT2D eigenvalue weighted by Gasteiger charge is -2.15. The van der Waals surface area contributed by atoms with E-state index in [4.69, 9.17) is 9.15 Å². The van der Waals surface area contributed by atoms with E-state index in [1.54, 1.807) is 23.9 Å². The van der Waals surface area contributed by atoms with E-state index in [0.717, 1.165) is 62.0 Å². The zero-order valence-corrected chi connectivity index (χ0v) is 26.6. The zero-order chi connectivity index (χ0) is 31.8. The minimum Gasteiger partial charge on any atom is -0.463 e. The summed E-state index contributed by atoms with van der Waals surface area (Å²) in [5.41, 5.74) is -0.781. The Labute approximate surface area is 263 Å². The van der Waals surface area contributed by atoms with Gasteiger partial charge >= 0.3 is 17.8 Å². The van der Waals surface area contributed by atoms with E-state index in [1.165, 1.54) is 56.4 Å². The van der Waals surface area contributed by atoms with Crippen LogP contribution in [0.5, 0.6) is 0 Å². The molecule has 0 fully saturated rings. The number of rotatable bonds is 20. The van der Waals surface area contributed by atoms with Crippen LogP contribution >= 0.6 is 11.8 Å². The molecule has 4 nitrogen and oxygen atoms in total. The second-order valence-electron chi connectivity index (χ2n) is 11.2. The number of hydrogen-bond acceptors (Lipinski definition) is 5. The molecule has 0 saturated heterocycles. The predicted molar refractivity (Wildman–Crippen MR) is 174 cm³/mol. The summed E-state index contributed by atoms with van der Waals surface area (Å²) < 4.78 is 52.5. The van der Waals surface area contributed by atoms with Crippen molar-refractivity contribution in [3.63, 3.8) is 0 Å². The molecule has 0 unspecified atom stereocenters. The molecule has 240 valence electrons. The minimum atomic E-state index is -4.58. The SMILES string of the molecule is C=CC(=O)OCCCCCCCCCCCCSc1ccc2cc(-c3ccc(CCCCC)cc3C(F)(F)F)c(=O)oc2c1. The normalized spacial score (nSPS) is 11.6. The predicted octanol–water partition coefficient (Wildman–Crippen LogP) is 10.9. The van der Waals surface area contributed by atoms with Crippen LogP contribution in [0, 0.1) is 0 Å². The highest BCUT2D eigenvalue weighted by Crippen LogP contribution is 2.38. The highest BCUT2D eigenvalue weighted by atomic mass is 32.2. The van der Waals surface area contributed by atoms with E-state index in [-0.39, 0.29) is 17.1 Å². The van der Waals surface area contributed by atoms with Crippen LogP contribution in [-0.4, -0.2) is 18.3 Å². The number of aryl methyl sites for hydroxylation is 1. The molecule has 1 aromatic heterocycles. The average molecular weight is 631 g/mol. The first-order valence-corrected chi connectivity index (χ1v) is 16.9. The van der Waals surface area contributed by atoms with E-state index in [2.05, 4.69) is 13.5 Å². The molecule has 3 aromatic rings. The molecule has 2 aromatic carbocycles. The zero-order valence-electron chi connectivity index (χ0n) is 25.8. The maximum absolute atomic E-state index is 14.0. The summed E-state index contributed by atoms with van der Waals surface area (Å²) in [6, 6.07) is 11.3. The quantitative estimate of drug-likeness (QED) is 0.0409. The second-order valence-corrected chi connectivity index (χ2v) is 12.4. The Bertz CT molecular complexity index is 1400. The van der Waals surface area contributed by atoms with Crippen molar-refractivity contribution >= 4 is 28.7 Å². The molecule has 0 saturated carbocycles. The molecule has 1 heterocycles. The van der Waals surface area contributed by atoms with Crippen molar-refractivity contribution in [2.75, 3.05) is 12.4 Å². The molecule has 0 spiro atoms. The summed E-state index contributed by atoms with van der Waals surface area (Å²) in [5, 5.41) is 0.597. The Morgan fingerprint density at radius 1 is 0.864 bits per heavy atom. The number of thioether (sulfide) groups is 1. The van der Waals surface area contributed by atoms with E-state index in [9.17, 15) is 22.8 Å². The molecule has 8 heteroatoms. The number of benzene rings is 2. The number of fused-ring (bicyclic) bond motifs is 1. The van der Waals surface area contributed by atoms with Gasteiger partial charge < -0.3 is 9.15 Å². The number of unbranched alkanes of at least 4 members (excludes halogenated alkanes) is 11. The van der Waals surface area contributed by atoms with E-state index in [0.29, 0.717) is 29.6 Å². The number of carbonyl (C=O) groups is 1. The third kappa shape index (κ3) is 11.8. The van der Waals surface area contributed by atoms with Gasteiger partial charge in [-0.2, -0.15) is 13.2 Å². The maximum atomic E-state index is 14.0. The Morgan fingerprint density at radius 2 is 1.55 bits per heavy atom. The summed E-state index contributed by atoms with van der Waals surface area (Å²) in [4.78, 5) is 24.8. The van der Waals surface area contributed by atoms with Crippen LogP contribution in [0.3, 0.4) is 0 Å². The first kappa shape index (κ1) is 35.5. The number of carbonyl (C=O) groups excluding carboxylic acids is 1. The van der Waals surface area contributed by atoms with Crippen molar-refractivity contribution in [2.45, 2.75) is 108 Å². The van der Waals surface area contributed by atoms with Gasteiger partial charge in [0.1, 0.15) is 5.58 Å². The second kappa shape index (κ2) is 18.7. The monoisotopic (exact) mass is 630 g/mol. The van der Waals surface area contributed by atoms with Crippen molar-refractivity contribution < 1.29 is 27.1 Å². The highest BCUT2D eigenvalue weighted by Gasteiger charge is 2.34. The number of esters is 1. The Balaban J connectivity index is 1.44. The van der Waals surface area contributed by atoms with Crippen LogP contribution < -0.4 is 5.63 Å². The molecule has 0 atom stereocenters. The molecular formula is C36H45F3O4S. The number of alkyl halides is 3. The standard InChI is InChI=1S/C36H45F3O4S/c1-3-5-14-17-27-18-21-30(32(24-27)36(37,38)39)31-25-28-19-20-29(26-33(28)43-35(31)41)44-23-16-13-11-9-7-6-8-10-12-15-22-42-34(40)4-2/h4,18-21,24-26H,2-3,5-17,22-23H2,1H3. The van der Waals surface area contributed by atoms with Crippen molar-refractivity contribution in [1.82, 2.24) is 0 Å². The number of ether oxygens (including phenoxy) is 1. The van der Waals surface area contributed by atoms with Gasteiger partial charge in [0.25, 0.3) is 0 Å². The first-order valence-electron chi connectivity index (χ1n) is 15.9. The third-order valence-corrected chi connectivity index (χ3v) is 8.75. The Kier molecular flexibility index (Phi) is 15.1. The summed E-state index contributed by atoms with van der Waals surface area (Å²) >= 11 is 1.69. The highest BCUT2D eigenvalue weighted by molar-refractivity contribution is 7.99. The molecular weight excluding hydrogens is 585 g/mol. The summed E-state index contributed by atoms with van der Waals surface area (Å²) in [6.45, 7) is 5.90. The fourth-order valence-corrected chi connectivity index (χ4v) is 6.14. The number of hydrogen-bond donors (Lipinski definition) is 0. The van der Waals surface area contributed by atoms with Gasteiger partial charge in [-0.25, -0.2) is 9.59 Å². The Hall–Kier alpha value is -3.00. The van der Waals surface area contributed by atoms with Crippen molar-refractivity contribution in [3.8, 4) is 11.1 Å². The smallest absolute Gasteiger partial charge is 0.417 e. The lowest BCUT2D eigenvalue weighted by molar-refractivity contribution is -0.138. The molecule has 0 aliphatic heterocycles. The van der Waals surface area contributed by atoms with Crippen LogP contribution in [-0.2, 0) is 22.1 Å². The van der Waals surface area contributed by atoms with Crippen LogP contribution in [0.1, 0.15) is 102 Å². The molecule has 0 N–H and O–H groups in total. The van der Waals surface area contributed by atoms with Crippen molar-refractivity contribution in [1.29, 1.82) is 0 Å². The lowest BCUT2D eigenvalue weighted by Crippen LogP contribution is -2.12. The number of halogens is 3. The van der Waals surface area contributed by atoms with Crippen LogP contribution in [0.2, 0.25) is 0 Å². The van der Waals surface area contributed by atoms with Crippen LogP contribution in [0.4, 0.5) is 13.2 Å². The van der Waals surface area contributed by atoms with Gasteiger partial charge in [0.05, 0.1) is 17.7 Å². The topological polar surface area (TPSA) is 56.5 Å². The molecule has 0 radical (unpaired) electrons. The largest absolute Gasteiger partial charge is 0.463 e. The molecule has 0 aliphatic carbocycles. The van der Waals surface area contributed by atoms with Gasteiger partial charge in [0, 0.05) is 21.9 Å². The minimum absolute atomic E-state index is 0.0723. The summed E-state index contributed by atoms with van der Waals surface area (Å²) in [7, 11) is 0. The van der Waals surface area contributed by atoms with Gasteiger partial charge in [-0.15, -0.1) is 11.8 Å². The fraction of sp³-hybridized carbons (Fsp3) is 0.500. The van der Waals surface area contributed by atoms with Crippen molar-refractivity contribution in [3.05, 3.63) is 76.7 Å². The molecule has 3 rings (SSSR count). The van der Waals surface area contributed by atoms with E-state index < -0.39 is 17.4 Å². The van der Waals surface area contributed by atoms with Crippen LogP contribution in [0.15, 0.2) is 69.2 Å². The van der Waals surface area contributed by atoms with Gasteiger partial charge in [0.15, 0.2) is 0 Å². The molecule has 0 bridgehead atoms. The van der Waals surface area contributed by atoms with Crippen molar-refractivity contribution in [2.24, 2.45) is 0 Å². The third-order valence-electron chi connectivity index (χ3n) is 7.67. The lowest BCUT2D eigenvalue weighted by atomic mass is 9.95. The molecule has 0 amide bonds. The maximum Gasteiger partial charge on any atom is 0.417 e. The molecule has 0 aliphatic rings. The van der Waals surface area contributed by atoms with E-state index >= 15 is 0 Å². The van der Waals surface area contributed by atoms with Gasteiger partial charge in [-0.3, -0.25) is 0 Å². The molecule has 44 heavy (non-hydrogen) atoms. The van der Waals surface area contributed by atoms with Gasteiger partial charge in [-0.1, -0.05) is 95.9 Å². The first-order chi connectivity index (χ1) is 21.2. The van der Waals surface area contributed by atoms with E-state index in [1.807, 2.05) is 12.1 Å². The summed E-state index contributed by atoms with van der Waals surface area (Å²) in [5.74, 6) is 0.593. The van der Waals surface area contributed by atoms with Gasteiger partial charge in [-0.05, 0) is 61.3 Å². The van der Waals surface area contributed by atoms with Gasteiger partial charge in [0.2, 0.25) is 0 Å². The summed E-state index contributed by atoms with van der Waals surface area (Å²) in [6.07, 6.45) is 11.4. The Morgan fingerprint density at radius 3 is 2.20 bits per heavy atom.